The molecule has 0 spiro atoms. The van der Waals surface area contributed by atoms with Crippen LogP contribution in [0.1, 0.15) is 33.7 Å². The smallest absolute Gasteiger partial charge is 0.273 e. The average molecular weight is 404 g/mol. The number of halogens is 1. The summed E-state index contributed by atoms with van der Waals surface area (Å²) >= 11 is 3.46. The summed E-state index contributed by atoms with van der Waals surface area (Å²) in [5, 5.41) is 0. The highest BCUT2D eigenvalue weighted by atomic mass is 79.9. The van der Waals surface area contributed by atoms with E-state index in [1.165, 1.54) is 0 Å². The highest BCUT2D eigenvalue weighted by Gasteiger charge is 2.33. The molecule has 3 aromatic heterocycles. The van der Waals surface area contributed by atoms with Crippen molar-refractivity contribution in [3.63, 3.8) is 0 Å². The second kappa shape index (κ2) is 6.31. The van der Waals surface area contributed by atoms with Crippen LogP contribution in [0.5, 0.6) is 0 Å². The van der Waals surface area contributed by atoms with E-state index in [2.05, 4.69) is 20.9 Å². The number of furan rings is 1. The molecule has 1 amide bonds. The summed E-state index contributed by atoms with van der Waals surface area (Å²) in [4.78, 5) is 19.7. The molecule has 0 aliphatic carbocycles. The number of carbonyl (C=O) groups excluding carboxylic acids is 1. The fourth-order valence-electron chi connectivity index (χ4n) is 3.25. The lowest BCUT2D eigenvalue weighted by Gasteiger charge is -2.34. The van der Waals surface area contributed by atoms with Crippen molar-refractivity contribution in [1.29, 1.82) is 0 Å². The number of imidazole rings is 1. The summed E-state index contributed by atoms with van der Waals surface area (Å²) in [6.45, 7) is 5.22. The Labute approximate surface area is 153 Å². The van der Waals surface area contributed by atoms with E-state index in [4.69, 9.17) is 9.15 Å². The Morgan fingerprint density at radius 1 is 1.28 bits per heavy atom. The SMILES string of the molecule is Cc1ccc(C2COCCN2C(=O)c2c(C)nc3ccc(Br)cn23)o1. The molecule has 1 atom stereocenters. The minimum atomic E-state index is -0.230. The Kier molecular flexibility index (Phi) is 4.13. The number of hydrogen-bond acceptors (Lipinski definition) is 4. The van der Waals surface area contributed by atoms with Crippen molar-refractivity contribution in [2.24, 2.45) is 0 Å². The molecule has 1 fully saturated rings. The third-order valence-corrected chi connectivity index (χ3v) is 4.91. The summed E-state index contributed by atoms with van der Waals surface area (Å²) < 4.78 is 14.1. The van der Waals surface area contributed by atoms with Crippen LogP contribution in [0.3, 0.4) is 0 Å². The lowest BCUT2D eigenvalue weighted by atomic mass is 10.1. The van der Waals surface area contributed by atoms with E-state index >= 15 is 0 Å². The van der Waals surface area contributed by atoms with Crippen LogP contribution in [-0.2, 0) is 4.74 Å². The molecular formula is C18H18BrN3O3. The van der Waals surface area contributed by atoms with Crippen LogP contribution in [0.2, 0.25) is 0 Å². The standard InChI is InChI=1S/C18H18BrN3O3/c1-11-3-5-15(25-11)14-10-24-8-7-21(14)18(23)17-12(2)20-16-6-4-13(19)9-22(16)17/h3-6,9,14H,7-8,10H2,1-2H3. The molecule has 0 aromatic carbocycles. The zero-order chi connectivity index (χ0) is 17.6. The van der Waals surface area contributed by atoms with Crippen molar-refractivity contribution in [1.82, 2.24) is 14.3 Å². The van der Waals surface area contributed by atoms with Crippen molar-refractivity contribution in [2.45, 2.75) is 19.9 Å². The molecule has 25 heavy (non-hydrogen) atoms. The normalized spacial score (nSPS) is 18.0. The summed E-state index contributed by atoms with van der Waals surface area (Å²) in [7, 11) is 0. The predicted molar refractivity (Wildman–Crippen MR) is 95.7 cm³/mol. The number of fused-ring (bicyclic) bond motifs is 1. The molecule has 1 aliphatic rings. The van der Waals surface area contributed by atoms with Crippen molar-refractivity contribution in [3.05, 3.63) is 57.8 Å². The van der Waals surface area contributed by atoms with E-state index in [0.29, 0.717) is 31.1 Å². The first-order valence-electron chi connectivity index (χ1n) is 8.14. The number of aryl methyl sites for hydroxylation is 2. The molecule has 6 nitrogen and oxygen atoms in total. The van der Waals surface area contributed by atoms with Gasteiger partial charge in [0.15, 0.2) is 0 Å². The van der Waals surface area contributed by atoms with Crippen molar-refractivity contribution in [3.8, 4) is 0 Å². The maximum atomic E-state index is 13.4. The third kappa shape index (κ3) is 2.87. The minimum Gasteiger partial charge on any atom is -0.464 e. The maximum Gasteiger partial charge on any atom is 0.273 e. The Bertz CT molecular complexity index is 946. The van der Waals surface area contributed by atoms with Crippen molar-refractivity contribution >= 4 is 27.5 Å². The summed E-state index contributed by atoms with van der Waals surface area (Å²) in [6, 6.07) is 7.39. The number of rotatable bonds is 2. The molecule has 4 rings (SSSR count). The average Bonchev–Trinajstić information content (AvgIpc) is 3.16. The topological polar surface area (TPSA) is 60.0 Å². The summed E-state index contributed by atoms with van der Waals surface area (Å²) in [5.74, 6) is 1.51. The van der Waals surface area contributed by atoms with E-state index in [1.807, 2.05) is 53.6 Å². The number of pyridine rings is 1. The van der Waals surface area contributed by atoms with Gasteiger partial charge in [-0.05, 0) is 54.0 Å². The van der Waals surface area contributed by atoms with Gasteiger partial charge in [-0.2, -0.15) is 0 Å². The monoisotopic (exact) mass is 403 g/mol. The van der Waals surface area contributed by atoms with E-state index in [1.54, 1.807) is 0 Å². The molecule has 130 valence electrons. The second-order valence-corrected chi connectivity index (χ2v) is 7.07. The van der Waals surface area contributed by atoms with Gasteiger partial charge in [0, 0.05) is 17.2 Å². The number of ether oxygens (including phenoxy) is 1. The molecule has 0 N–H and O–H groups in total. The molecule has 0 bridgehead atoms. The van der Waals surface area contributed by atoms with Crippen LogP contribution >= 0.6 is 15.9 Å². The van der Waals surface area contributed by atoms with Crippen LogP contribution < -0.4 is 0 Å². The Balaban J connectivity index is 1.76. The lowest BCUT2D eigenvalue weighted by Crippen LogP contribution is -2.43. The van der Waals surface area contributed by atoms with Crippen LogP contribution in [0, 0.1) is 13.8 Å². The predicted octanol–water partition coefficient (Wildman–Crippen LogP) is 3.52. The van der Waals surface area contributed by atoms with Gasteiger partial charge in [0.1, 0.15) is 28.9 Å². The first-order valence-corrected chi connectivity index (χ1v) is 8.93. The molecule has 1 saturated heterocycles. The summed E-state index contributed by atoms with van der Waals surface area (Å²) in [5.41, 5.74) is 2.04. The van der Waals surface area contributed by atoms with Gasteiger partial charge in [0.2, 0.25) is 0 Å². The van der Waals surface area contributed by atoms with Gasteiger partial charge in [-0.15, -0.1) is 0 Å². The number of morpholine rings is 1. The molecule has 3 aromatic rings. The zero-order valence-corrected chi connectivity index (χ0v) is 15.6. The van der Waals surface area contributed by atoms with Gasteiger partial charge in [0.05, 0.1) is 18.9 Å². The second-order valence-electron chi connectivity index (χ2n) is 6.16. The van der Waals surface area contributed by atoms with E-state index < -0.39 is 0 Å². The minimum absolute atomic E-state index is 0.0644. The van der Waals surface area contributed by atoms with Crippen LogP contribution in [0.4, 0.5) is 0 Å². The van der Waals surface area contributed by atoms with Gasteiger partial charge in [0.25, 0.3) is 5.91 Å². The largest absolute Gasteiger partial charge is 0.464 e. The van der Waals surface area contributed by atoms with Crippen LogP contribution in [0.15, 0.2) is 39.4 Å². The lowest BCUT2D eigenvalue weighted by molar-refractivity contribution is -0.00934. The van der Waals surface area contributed by atoms with Gasteiger partial charge in [-0.3, -0.25) is 9.20 Å². The molecule has 1 unspecified atom stereocenters. The number of amides is 1. The maximum absolute atomic E-state index is 13.4. The van der Waals surface area contributed by atoms with E-state index in [-0.39, 0.29) is 11.9 Å². The van der Waals surface area contributed by atoms with Crippen molar-refractivity contribution < 1.29 is 13.9 Å². The highest BCUT2D eigenvalue weighted by molar-refractivity contribution is 9.10. The number of aromatic nitrogens is 2. The molecule has 1 aliphatic heterocycles. The third-order valence-electron chi connectivity index (χ3n) is 4.44. The van der Waals surface area contributed by atoms with Crippen LogP contribution in [-0.4, -0.2) is 40.0 Å². The van der Waals surface area contributed by atoms with Crippen LogP contribution in [0.25, 0.3) is 5.65 Å². The molecule has 4 heterocycles. The summed E-state index contributed by atoms with van der Waals surface area (Å²) in [6.07, 6.45) is 1.87. The first kappa shape index (κ1) is 16.4. The fourth-order valence-corrected chi connectivity index (χ4v) is 3.58. The number of carbonyl (C=O) groups is 1. The van der Waals surface area contributed by atoms with Gasteiger partial charge >= 0.3 is 0 Å². The Morgan fingerprint density at radius 3 is 2.88 bits per heavy atom. The number of hydrogen-bond donors (Lipinski definition) is 0. The van der Waals surface area contributed by atoms with Gasteiger partial charge in [-0.25, -0.2) is 4.98 Å². The first-order chi connectivity index (χ1) is 12.0. The van der Waals surface area contributed by atoms with E-state index in [9.17, 15) is 4.79 Å². The Morgan fingerprint density at radius 2 is 2.12 bits per heavy atom. The zero-order valence-electron chi connectivity index (χ0n) is 14.0. The molecular weight excluding hydrogens is 386 g/mol. The highest BCUT2D eigenvalue weighted by Crippen LogP contribution is 2.28. The molecule has 0 radical (unpaired) electrons. The quantitative estimate of drug-likeness (QED) is 0.656. The molecule has 7 heteroatoms. The van der Waals surface area contributed by atoms with Crippen molar-refractivity contribution in [2.75, 3.05) is 19.8 Å². The Hall–Kier alpha value is -2.12. The van der Waals surface area contributed by atoms with E-state index in [0.717, 1.165) is 21.6 Å². The molecule has 0 saturated carbocycles. The van der Waals surface area contributed by atoms with Gasteiger partial charge in [-0.1, -0.05) is 0 Å². The van der Waals surface area contributed by atoms with Gasteiger partial charge < -0.3 is 14.1 Å². The number of nitrogens with zero attached hydrogens (tertiary/aromatic N) is 3. The fraction of sp³-hybridized carbons (Fsp3) is 0.333.